The molecule has 1 N–H and O–H groups in total. The first-order valence-electron chi connectivity index (χ1n) is 11.9. The maximum atomic E-state index is 13.5. The number of nitrogens with one attached hydrogen (secondary N) is 1. The van der Waals surface area contributed by atoms with Gasteiger partial charge in [0.2, 0.25) is 12.0 Å². The number of fused-ring (bicyclic) bond motifs is 1. The summed E-state index contributed by atoms with van der Waals surface area (Å²) in [5.41, 5.74) is 0.930. The minimum atomic E-state index is -0.765. The van der Waals surface area contributed by atoms with Gasteiger partial charge >= 0.3 is 0 Å². The average Bonchev–Trinajstić information content (AvgIpc) is 3.48. The maximum absolute atomic E-state index is 13.5. The second-order valence-electron chi connectivity index (χ2n) is 8.71. The Morgan fingerprint density at radius 1 is 0.861 bits per heavy atom. The molecule has 2 unspecified atom stereocenters. The molecule has 0 radical (unpaired) electrons. The summed E-state index contributed by atoms with van der Waals surface area (Å²) in [6.45, 7) is 1.60. The van der Waals surface area contributed by atoms with Gasteiger partial charge < -0.3 is 29.0 Å². The van der Waals surface area contributed by atoms with Gasteiger partial charge in [-0.05, 0) is 29.8 Å². The third-order valence-electron chi connectivity index (χ3n) is 6.32. The molecule has 3 amide bonds. The van der Waals surface area contributed by atoms with Crippen molar-refractivity contribution < 1.29 is 28.3 Å². The van der Waals surface area contributed by atoms with Crippen molar-refractivity contribution in [1.29, 1.82) is 0 Å². The van der Waals surface area contributed by atoms with E-state index in [2.05, 4.69) is 5.32 Å². The van der Waals surface area contributed by atoms with Crippen molar-refractivity contribution in [3.63, 3.8) is 0 Å². The number of nitrogens with zero attached hydrogens (tertiary/aromatic N) is 2. The maximum Gasteiger partial charge on any atom is 0.287 e. The molecule has 9 heteroatoms. The molecule has 36 heavy (non-hydrogen) atoms. The number of para-hydroxylation sites is 2. The summed E-state index contributed by atoms with van der Waals surface area (Å²) in [7, 11) is 0. The highest BCUT2D eigenvalue weighted by Crippen LogP contribution is 2.31. The zero-order valence-corrected chi connectivity index (χ0v) is 19.7. The second kappa shape index (κ2) is 10.6. The first kappa shape index (κ1) is 23.5. The summed E-state index contributed by atoms with van der Waals surface area (Å²) >= 11 is 0. The molecular formula is C27H27N3O6. The van der Waals surface area contributed by atoms with Crippen molar-refractivity contribution in [3.05, 3.63) is 84.3 Å². The van der Waals surface area contributed by atoms with Crippen LogP contribution in [0.25, 0.3) is 0 Å². The van der Waals surface area contributed by atoms with Crippen LogP contribution in [0.15, 0.2) is 77.4 Å². The lowest BCUT2D eigenvalue weighted by Crippen LogP contribution is -2.58. The van der Waals surface area contributed by atoms with Gasteiger partial charge in [0.15, 0.2) is 17.3 Å². The molecule has 3 aromatic rings. The quantitative estimate of drug-likeness (QED) is 0.569. The Kier molecular flexibility index (Phi) is 6.88. The number of benzene rings is 2. The van der Waals surface area contributed by atoms with Gasteiger partial charge in [-0.15, -0.1) is 0 Å². The van der Waals surface area contributed by atoms with Gasteiger partial charge in [0.05, 0.1) is 6.26 Å². The van der Waals surface area contributed by atoms with Crippen LogP contribution in [0.5, 0.6) is 11.5 Å². The highest BCUT2D eigenvalue weighted by Gasteiger charge is 2.35. The minimum absolute atomic E-state index is 0.146. The van der Waals surface area contributed by atoms with E-state index in [1.165, 1.54) is 6.26 Å². The Hall–Kier alpha value is -4.27. The van der Waals surface area contributed by atoms with Gasteiger partial charge in [0.25, 0.3) is 11.8 Å². The lowest BCUT2D eigenvalue weighted by atomic mass is 10.0. The number of piperazine rings is 1. The Morgan fingerprint density at radius 3 is 2.28 bits per heavy atom. The zero-order chi connectivity index (χ0) is 24.9. The van der Waals surface area contributed by atoms with E-state index in [4.69, 9.17) is 13.9 Å². The standard InChI is InChI=1S/C27H27N3O6/c31-25(23-11-6-16-34-23)28-20(17-19-7-2-1-3-8-19)26(32)29-12-14-30(15-13-29)27(33)24-18-35-21-9-4-5-10-22(21)36-24/h1-11,16,20,24H,12-15,17-18H2,(H,28,31). The highest BCUT2D eigenvalue weighted by atomic mass is 16.6. The number of ether oxygens (including phenoxy) is 2. The predicted molar refractivity (Wildman–Crippen MR) is 130 cm³/mol. The first-order chi connectivity index (χ1) is 17.6. The Balaban J connectivity index is 1.21. The Labute approximate surface area is 208 Å². The number of hydrogen-bond acceptors (Lipinski definition) is 6. The molecule has 5 rings (SSSR count). The van der Waals surface area contributed by atoms with E-state index in [9.17, 15) is 14.4 Å². The summed E-state index contributed by atoms with van der Waals surface area (Å²) in [4.78, 5) is 42.5. The van der Waals surface area contributed by atoms with Gasteiger partial charge in [-0.2, -0.15) is 0 Å². The summed E-state index contributed by atoms with van der Waals surface area (Å²) in [5, 5.41) is 2.82. The number of furan rings is 1. The van der Waals surface area contributed by atoms with Crippen molar-refractivity contribution in [1.82, 2.24) is 15.1 Å². The lowest BCUT2D eigenvalue weighted by molar-refractivity contribution is -0.146. The van der Waals surface area contributed by atoms with Gasteiger partial charge in [-0.3, -0.25) is 14.4 Å². The first-order valence-corrected chi connectivity index (χ1v) is 11.9. The predicted octanol–water partition coefficient (Wildman–Crippen LogP) is 2.13. The fourth-order valence-corrected chi connectivity index (χ4v) is 4.40. The molecule has 0 aliphatic carbocycles. The largest absolute Gasteiger partial charge is 0.485 e. The smallest absolute Gasteiger partial charge is 0.287 e. The molecule has 2 aliphatic rings. The Bertz CT molecular complexity index is 1210. The second-order valence-corrected chi connectivity index (χ2v) is 8.71. The number of carbonyl (C=O) groups excluding carboxylic acids is 3. The molecular weight excluding hydrogens is 462 g/mol. The van der Waals surface area contributed by atoms with Gasteiger partial charge in [0.1, 0.15) is 12.6 Å². The monoisotopic (exact) mass is 489 g/mol. The van der Waals surface area contributed by atoms with Crippen molar-refractivity contribution >= 4 is 17.7 Å². The number of hydrogen-bond donors (Lipinski definition) is 1. The molecule has 0 saturated carbocycles. The summed E-state index contributed by atoms with van der Waals surface area (Å²) in [6.07, 6.45) is 1.04. The Morgan fingerprint density at radius 2 is 1.56 bits per heavy atom. The summed E-state index contributed by atoms with van der Waals surface area (Å²) in [5.74, 6) is 0.510. The van der Waals surface area contributed by atoms with Crippen molar-refractivity contribution in [2.24, 2.45) is 0 Å². The minimum Gasteiger partial charge on any atom is -0.485 e. The topological polar surface area (TPSA) is 101 Å². The number of carbonyl (C=O) groups is 3. The van der Waals surface area contributed by atoms with E-state index in [0.717, 1.165) is 5.56 Å². The number of amides is 3. The molecule has 9 nitrogen and oxygen atoms in total. The van der Waals surface area contributed by atoms with Crippen molar-refractivity contribution in [2.45, 2.75) is 18.6 Å². The van der Waals surface area contributed by atoms with Crippen LogP contribution in [0.1, 0.15) is 16.1 Å². The van der Waals surface area contributed by atoms with Crippen LogP contribution in [0.4, 0.5) is 0 Å². The molecule has 2 aromatic carbocycles. The fraction of sp³-hybridized carbons (Fsp3) is 0.296. The molecule has 0 spiro atoms. The van der Waals surface area contributed by atoms with Crippen molar-refractivity contribution in [2.75, 3.05) is 32.8 Å². The molecule has 1 saturated heterocycles. The average molecular weight is 490 g/mol. The van der Waals surface area contributed by atoms with Crippen molar-refractivity contribution in [3.8, 4) is 11.5 Å². The van der Waals surface area contributed by atoms with Crippen LogP contribution in [0, 0.1) is 0 Å². The summed E-state index contributed by atoms with van der Waals surface area (Å²) in [6, 6.07) is 19.2. The van der Waals surface area contributed by atoms with Crippen LogP contribution in [0.3, 0.4) is 0 Å². The van der Waals surface area contributed by atoms with E-state index in [-0.39, 0.29) is 24.2 Å². The van der Waals surface area contributed by atoms with Gasteiger partial charge in [-0.25, -0.2) is 0 Å². The highest BCUT2D eigenvalue weighted by molar-refractivity contribution is 5.95. The van der Waals surface area contributed by atoms with Gasteiger partial charge in [0, 0.05) is 32.6 Å². The third kappa shape index (κ3) is 5.19. The van der Waals surface area contributed by atoms with Crippen LogP contribution in [-0.4, -0.2) is 72.5 Å². The molecule has 3 heterocycles. The van der Waals surface area contributed by atoms with Crippen LogP contribution >= 0.6 is 0 Å². The molecule has 1 aromatic heterocycles. The normalized spacial score (nSPS) is 17.8. The number of rotatable bonds is 6. The van der Waals surface area contributed by atoms with E-state index in [1.54, 1.807) is 34.1 Å². The SMILES string of the molecule is O=C(NC(Cc1ccccc1)C(=O)N1CCN(C(=O)C2COc3ccccc3O2)CC1)c1ccco1. The van der Waals surface area contributed by atoms with Crippen LogP contribution in [0.2, 0.25) is 0 Å². The molecule has 186 valence electrons. The van der Waals surface area contributed by atoms with E-state index in [0.29, 0.717) is 44.1 Å². The van der Waals surface area contributed by atoms with E-state index in [1.807, 2.05) is 42.5 Å². The van der Waals surface area contributed by atoms with Crippen LogP contribution < -0.4 is 14.8 Å². The molecule has 2 aliphatic heterocycles. The molecule has 2 atom stereocenters. The van der Waals surface area contributed by atoms with E-state index < -0.39 is 18.1 Å². The molecule has 1 fully saturated rings. The summed E-state index contributed by atoms with van der Waals surface area (Å²) < 4.78 is 16.7. The third-order valence-corrected chi connectivity index (χ3v) is 6.32. The van der Waals surface area contributed by atoms with E-state index >= 15 is 0 Å². The zero-order valence-electron chi connectivity index (χ0n) is 19.7. The molecule has 0 bridgehead atoms. The van der Waals surface area contributed by atoms with Gasteiger partial charge in [-0.1, -0.05) is 42.5 Å². The van der Waals surface area contributed by atoms with Crippen LogP contribution in [-0.2, 0) is 16.0 Å². The fourth-order valence-electron chi connectivity index (χ4n) is 4.40. The lowest BCUT2D eigenvalue weighted by Gasteiger charge is -2.38.